The van der Waals surface area contributed by atoms with Crippen LogP contribution in [0.25, 0.3) is 11.2 Å². The van der Waals surface area contributed by atoms with Gasteiger partial charge in [0.15, 0.2) is 28.5 Å². The van der Waals surface area contributed by atoms with Crippen LogP contribution in [0, 0.1) is 11.2 Å². The summed E-state index contributed by atoms with van der Waals surface area (Å²) in [4.78, 5) is 31.6. The van der Waals surface area contributed by atoms with Crippen LogP contribution in [0.2, 0.25) is 0 Å². The largest absolute Gasteiger partial charge is 0.454 e. The third kappa shape index (κ3) is 6.24. The molecule has 2 aliphatic rings. The van der Waals surface area contributed by atoms with E-state index < -0.39 is 0 Å². The van der Waals surface area contributed by atoms with Crippen LogP contribution in [0.4, 0.5) is 16.2 Å². The van der Waals surface area contributed by atoms with E-state index in [9.17, 15) is 9.18 Å². The predicted octanol–water partition coefficient (Wildman–Crippen LogP) is 4.83. The maximum atomic E-state index is 13.5. The maximum Gasteiger partial charge on any atom is 0.231 e. The number of nitrogens with one attached hydrogen (secondary N) is 1. The van der Waals surface area contributed by atoms with Crippen LogP contribution < -0.4 is 19.7 Å². The van der Waals surface area contributed by atoms with Crippen molar-refractivity contribution in [2.24, 2.45) is 5.41 Å². The molecule has 42 heavy (non-hydrogen) atoms. The van der Waals surface area contributed by atoms with Crippen LogP contribution >= 0.6 is 0 Å². The number of carbonyl (C=O) groups excluding carboxylic acids is 1. The van der Waals surface area contributed by atoms with E-state index in [1.165, 1.54) is 12.1 Å². The number of ether oxygens (including phenoxy) is 2. The van der Waals surface area contributed by atoms with Crippen molar-refractivity contribution in [3.05, 3.63) is 65.7 Å². The van der Waals surface area contributed by atoms with Crippen molar-refractivity contribution in [2.45, 2.75) is 46.7 Å². The van der Waals surface area contributed by atoms with Gasteiger partial charge in [-0.2, -0.15) is 9.97 Å². The van der Waals surface area contributed by atoms with E-state index in [1.54, 1.807) is 18.5 Å². The number of nitrogens with zero attached hydrogens (tertiary/aromatic N) is 6. The molecule has 1 fully saturated rings. The van der Waals surface area contributed by atoms with Gasteiger partial charge in [0.1, 0.15) is 5.82 Å². The number of aromatic nitrogens is 4. The van der Waals surface area contributed by atoms with E-state index in [0.717, 1.165) is 35.6 Å². The molecule has 0 unspecified atom stereocenters. The first-order valence-corrected chi connectivity index (χ1v) is 14.3. The number of anilines is 2. The number of hydrogen-bond donors (Lipinski definition) is 1. The molecule has 1 N–H and O–H groups in total. The number of fused-ring (bicyclic) bond motifs is 2. The van der Waals surface area contributed by atoms with E-state index in [2.05, 4.69) is 36.0 Å². The Morgan fingerprint density at radius 3 is 2.57 bits per heavy atom. The van der Waals surface area contributed by atoms with Crippen LogP contribution in [0.1, 0.15) is 44.7 Å². The molecule has 0 bridgehead atoms. The number of amides is 1. The summed E-state index contributed by atoms with van der Waals surface area (Å²) in [5.74, 6) is 2.58. The Labute approximate surface area is 244 Å². The smallest absolute Gasteiger partial charge is 0.231 e. The number of imidazole rings is 1. The second-order valence-corrected chi connectivity index (χ2v) is 12.0. The lowest BCUT2D eigenvalue weighted by atomic mass is 9.91. The highest BCUT2D eigenvalue weighted by Gasteiger charge is 2.25. The SMILES string of the molecule is CC(C)(C)CC(=O)N1CCCN(c2nc(NCc3ccc4c(c3)OCO4)c3ncn(Cc4ccc(F)cc4)c3n2)CC1. The molecule has 0 saturated carbocycles. The van der Waals surface area contributed by atoms with Crippen molar-refractivity contribution < 1.29 is 18.7 Å². The fourth-order valence-corrected chi connectivity index (χ4v) is 5.27. The molecule has 2 aliphatic heterocycles. The Balaban J connectivity index is 1.28. The van der Waals surface area contributed by atoms with Crippen LogP contribution in [0.5, 0.6) is 11.5 Å². The van der Waals surface area contributed by atoms with Crippen LogP contribution in [-0.4, -0.2) is 63.3 Å². The molecule has 0 atom stereocenters. The quantitative estimate of drug-likeness (QED) is 0.336. The lowest BCUT2D eigenvalue weighted by Crippen LogP contribution is -2.37. The van der Waals surface area contributed by atoms with Crippen LogP contribution in [-0.2, 0) is 17.9 Å². The second-order valence-electron chi connectivity index (χ2n) is 12.0. The minimum absolute atomic E-state index is 0.0568. The van der Waals surface area contributed by atoms with Crippen molar-refractivity contribution >= 4 is 28.8 Å². The molecule has 1 amide bonds. The minimum atomic E-state index is -0.273. The molecular formula is C31H36FN7O3. The normalized spacial score (nSPS) is 15.2. The van der Waals surface area contributed by atoms with Crippen molar-refractivity contribution in [2.75, 3.05) is 43.2 Å². The Kier molecular flexibility index (Phi) is 7.57. The number of hydrogen-bond acceptors (Lipinski definition) is 8. The summed E-state index contributed by atoms with van der Waals surface area (Å²) in [5.41, 5.74) is 3.23. The number of rotatable bonds is 7. The van der Waals surface area contributed by atoms with Crippen LogP contribution in [0.15, 0.2) is 48.8 Å². The monoisotopic (exact) mass is 573 g/mol. The summed E-state index contributed by atoms with van der Waals surface area (Å²) >= 11 is 0. The first kappa shape index (κ1) is 27.7. The van der Waals surface area contributed by atoms with E-state index in [0.29, 0.717) is 62.1 Å². The second kappa shape index (κ2) is 11.5. The molecule has 4 aromatic rings. The average molecular weight is 574 g/mol. The number of halogens is 1. The Morgan fingerprint density at radius 1 is 0.976 bits per heavy atom. The summed E-state index contributed by atoms with van der Waals surface area (Å²) in [6.07, 6.45) is 3.09. The molecule has 0 spiro atoms. The molecule has 2 aromatic carbocycles. The summed E-state index contributed by atoms with van der Waals surface area (Å²) in [7, 11) is 0. The third-order valence-electron chi connectivity index (χ3n) is 7.43. The molecular weight excluding hydrogens is 537 g/mol. The van der Waals surface area contributed by atoms with Crippen LogP contribution in [0.3, 0.4) is 0 Å². The van der Waals surface area contributed by atoms with Gasteiger partial charge in [0, 0.05) is 39.1 Å². The highest BCUT2D eigenvalue weighted by atomic mass is 19.1. The fourth-order valence-electron chi connectivity index (χ4n) is 5.27. The van der Waals surface area contributed by atoms with Gasteiger partial charge in [-0.1, -0.05) is 39.0 Å². The zero-order valence-corrected chi connectivity index (χ0v) is 24.3. The fraction of sp³-hybridized carbons (Fsp3) is 0.419. The summed E-state index contributed by atoms with van der Waals surface area (Å²) in [6.45, 7) is 10.2. The van der Waals surface area contributed by atoms with Crippen molar-refractivity contribution in [1.82, 2.24) is 24.4 Å². The average Bonchev–Trinajstić information content (AvgIpc) is 3.51. The van der Waals surface area contributed by atoms with Crippen molar-refractivity contribution in [3.63, 3.8) is 0 Å². The van der Waals surface area contributed by atoms with E-state index >= 15 is 0 Å². The van der Waals surface area contributed by atoms with E-state index in [4.69, 9.17) is 19.4 Å². The summed E-state index contributed by atoms with van der Waals surface area (Å²) in [5, 5.41) is 3.46. The van der Waals surface area contributed by atoms with Gasteiger partial charge in [0.2, 0.25) is 18.6 Å². The molecule has 4 heterocycles. The van der Waals surface area contributed by atoms with E-state index in [-0.39, 0.29) is 23.9 Å². The maximum absolute atomic E-state index is 13.5. The lowest BCUT2D eigenvalue weighted by Gasteiger charge is -2.26. The highest BCUT2D eigenvalue weighted by molar-refractivity contribution is 5.84. The molecule has 11 heteroatoms. The van der Waals surface area contributed by atoms with Gasteiger partial charge < -0.3 is 29.2 Å². The summed E-state index contributed by atoms with van der Waals surface area (Å²) < 4.78 is 26.5. The number of carbonyl (C=O) groups is 1. The standard InChI is InChI=1S/C31H36FN7O3/c1-31(2,3)16-26(40)37-11-4-12-38(14-13-37)30-35-28(33-17-22-7-10-24-25(15-22)42-20-41-24)27-29(36-30)39(19-34-27)18-21-5-8-23(32)9-6-21/h5-10,15,19H,4,11-14,16-18,20H2,1-3H3,(H,33,35,36). The molecule has 220 valence electrons. The molecule has 0 aliphatic carbocycles. The number of benzene rings is 2. The molecule has 0 radical (unpaired) electrons. The zero-order chi connectivity index (χ0) is 29.3. The van der Waals surface area contributed by atoms with Gasteiger partial charge >= 0.3 is 0 Å². The first-order chi connectivity index (χ1) is 20.2. The van der Waals surface area contributed by atoms with E-state index in [1.807, 2.05) is 27.7 Å². The topological polar surface area (TPSA) is 97.6 Å². The third-order valence-corrected chi connectivity index (χ3v) is 7.43. The van der Waals surface area contributed by atoms with Gasteiger partial charge in [-0.3, -0.25) is 4.79 Å². The van der Waals surface area contributed by atoms with Crippen molar-refractivity contribution in [1.29, 1.82) is 0 Å². The van der Waals surface area contributed by atoms with Gasteiger partial charge in [0.25, 0.3) is 0 Å². The zero-order valence-electron chi connectivity index (χ0n) is 24.3. The lowest BCUT2D eigenvalue weighted by molar-refractivity contribution is -0.132. The Morgan fingerprint density at radius 2 is 1.76 bits per heavy atom. The minimum Gasteiger partial charge on any atom is -0.454 e. The highest BCUT2D eigenvalue weighted by Crippen LogP contribution is 2.33. The van der Waals surface area contributed by atoms with Crippen molar-refractivity contribution in [3.8, 4) is 11.5 Å². The molecule has 2 aromatic heterocycles. The molecule has 1 saturated heterocycles. The van der Waals surface area contributed by atoms with Gasteiger partial charge in [-0.05, 0) is 47.2 Å². The van der Waals surface area contributed by atoms with Gasteiger partial charge in [0.05, 0.1) is 12.9 Å². The van der Waals surface area contributed by atoms with Gasteiger partial charge in [-0.15, -0.1) is 0 Å². The summed E-state index contributed by atoms with van der Waals surface area (Å²) in [6, 6.07) is 12.3. The molecule has 10 nitrogen and oxygen atoms in total. The molecule has 6 rings (SSSR count). The Bertz CT molecular complexity index is 1580. The van der Waals surface area contributed by atoms with Gasteiger partial charge in [-0.25, -0.2) is 9.37 Å². The predicted molar refractivity (Wildman–Crippen MR) is 158 cm³/mol. The Hall–Kier alpha value is -4.41. The first-order valence-electron chi connectivity index (χ1n) is 14.3.